The molecule has 1 aliphatic rings. The van der Waals surface area contributed by atoms with Crippen LogP contribution < -0.4 is 21.7 Å². The number of carbonyl (C=O) groups is 3. The lowest BCUT2D eigenvalue weighted by Crippen LogP contribution is -2.49. The molecule has 1 aromatic heterocycles. The van der Waals surface area contributed by atoms with E-state index in [-0.39, 0.29) is 17.2 Å². The van der Waals surface area contributed by atoms with Crippen LogP contribution in [0.25, 0.3) is 10.9 Å². The second-order valence-corrected chi connectivity index (χ2v) is 7.06. The van der Waals surface area contributed by atoms with Gasteiger partial charge >= 0.3 is 11.8 Å². The Hall–Kier alpha value is -3.23. The van der Waals surface area contributed by atoms with Crippen molar-refractivity contribution < 1.29 is 14.4 Å². The van der Waals surface area contributed by atoms with Crippen LogP contribution in [-0.4, -0.2) is 33.3 Å². The average molecular weight is 385 g/mol. The summed E-state index contributed by atoms with van der Waals surface area (Å²) in [6.45, 7) is 4.09. The molecule has 0 saturated carbocycles. The van der Waals surface area contributed by atoms with Gasteiger partial charge < -0.3 is 5.32 Å². The first-order valence-electron chi connectivity index (χ1n) is 9.31. The molecule has 9 nitrogen and oxygen atoms in total. The molecule has 3 rings (SSSR count). The maximum Gasteiger partial charge on any atom is 0.327 e. The predicted octanol–water partition coefficient (Wildman–Crippen LogP) is 0.409. The largest absolute Gasteiger partial charge is 0.346 e. The van der Waals surface area contributed by atoms with Crippen molar-refractivity contribution in [3.05, 3.63) is 39.9 Å². The molecule has 1 aliphatic heterocycles. The quantitative estimate of drug-likeness (QED) is 0.510. The molecule has 0 saturated heterocycles. The summed E-state index contributed by atoms with van der Waals surface area (Å²) in [5.41, 5.74) is 4.82. The van der Waals surface area contributed by atoms with Crippen LogP contribution in [0.15, 0.2) is 23.0 Å². The van der Waals surface area contributed by atoms with Crippen molar-refractivity contribution in [2.24, 2.45) is 0 Å². The van der Waals surface area contributed by atoms with E-state index in [0.29, 0.717) is 17.4 Å². The Morgan fingerprint density at radius 3 is 2.61 bits per heavy atom. The summed E-state index contributed by atoms with van der Waals surface area (Å²) >= 11 is 0. The summed E-state index contributed by atoms with van der Waals surface area (Å²) in [7, 11) is 0. The first-order chi connectivity index (χ1) is 13.4. The van der Waals surface area contributed by atoms with Crippen LogP contribution in [0.5, 0.6) is 0 Å². The van der Waals surface area contributed by atoms with Crippen LogP contribution in [-0.2, 0) is 22.6 Å². The van der Waals surface area contributed by atoms with Gasteiger partial charge in [0.1, 0.15) is 5.82 Å². The monoisotopic (exact) mass is 385 g/mol. The lowest BCUT2D eigenvalue weighted by Gasteiger charge is -2.11. The van der Waals surface area contributed by atoms with Crippen LogP contribution in [0.1, 0.15) is 49.3 Å². The Labute approximate surface area is 161 Å². The normalized spacial score (nSPS) is 13.5. The van der Waals surface area contributed by atoms with E-state index in [9.17, 15) is 19.2 Å². The fourth-order valence-corrected chi connectivity index (χ4v) is 3.13. The summed E-state index contributed by atoms with van der Waals surface area (Å²) in [5, 5.41) is 2.87. The molecule has 0 aliphatic carbocycles. The zero-order valence-corrected chi connectivity index (χ0v) is 15.9. The average Bonchev–Trinajstić information content (AvgIpc) is 2.90. The van der Waals surface area contributed by atoms with E-state index in [1.165, 1.54) is 12.1 Å². The summed E-state index contributed by atoms with van der Waals surface area (Å²) in [6.07, 6.45) is 3.70. The molecule has 3 N–H and O–H groups in total. The van der Waals surface area contributed by atoms with E-state index in [0.717, 1.165) is 31.5 Å². The van der Waals surface area contributed by atoms with Crippen LogP contribution in [0.3, 0.4) is 0 Å². The van der Waals surface area contributed by atoms with Crippen LogP contribution in [0.2, 0.25) is 0 Å². The Morgan fingerprint density at radius 2 is 1.86 bits per heavy atom. The minimum absolute atomic E-state index is 0.104. The van der Waals surface area contributed by atoms with Gasteiger partial charge in [-0.2, -0.15) is 0 Å². The highest BCUT2D eigenvalue weighted by Gasteiger charge is 2.17. The summed E-state index contributed by atoms with van der Waals surface area (Å²) in [5.74, 6) is -1.69. The number of amides is 3. The van der Waals surface area contributed by atoms with Crippen molar-refractivity contribution in [3.63, 3.8) is 0 Å². The third kappa shape index (κ3) is 4.19. The predicted molar refractivity (Wildman–Crippen MR) is 102 cm³/mol. The van der Waals surface area contributed by atoms with E-state index < -0.39 is 17.7 Å². The number of benzene rings is 1. The Morgan fingerprint density at radius 1 is 1.07 bits per heavy atom. The summed E-state index contributed by atoms with van der Waals surface area (Å²) in [6, 6.07) is 4.36. The van der Waals surface area contributed by atoms with Gasteiger partial charge in [0.25, 0.3) is 11.5 Å². The Balaban J connectivity index is 1.78. The van der Waals surface area contributed by atoms with E-state index in [4.69, 9.17) is 0 Å². The molecule has 0 spiro atoms. The molecule has 2 aromatic rings. The minimum Gasteiger partial charge on any atom is -0.346 e. The third-order valence-corrected chi connectivity index (χ3v) is 4.49. The second kappa shape index (κ2) is 8.20. The molecule has 0 unspecified atom stereocenters. The second-order valence-electron chi connectivity index (χ2n) is 7.06. The molecule has 0 bridgehead atoms. The number of hydrogen-bond acceptors (Lipinski definition) is 5. The summed E-state index contributed by atoms with van der Waals surface area (Å²) in [4.78, 5) is 52.8. The molecule has 1 aromatic carbocycles. The van der Waals surface area contributed by atoms with Crippen LogP contribution >= 0.6 is 0 Å². The molecular formula is C19H23N5O4. The van der Waals surface area contributed by atoms with Crippen LogP contribution in [0.4, 0.5) is 0 Å². The van der Waals surface area contributed by atoms with Crippen molar-refractivity contribution in [2.45, 2.75) is 52.1 Å². The lowest BCUT2D eigenvalue weighted by molar-refractivity contribution is -0.139. The molecule has 0 radical (unpaired) electrons. The highest BCUT2D eigenvalue weighted by atomic mass is 16.2. The lowest BCUT2D eigenvalue weighted by atomic mass is 10.1. The van der Waals surface area contributed by atoms with Gasteiger partial charge in [-0.05, 0) is 44.9 Å². The maximum atomic E-state index is 12.7. The van der Waals surface area contributed by atoms with Crippen molar-refractivity contribution in [1.82, 2.24) is 25.7 Å². The number of fused-ring (bicyclic) bond motifs is 2. The number of rotatable bonds is 2. The number of aromatic nitrogens is 2. The molecule has 148 valence electrons. The van der Waals surface area contributed by atoms with Gasteiger partial charge in [-0.15, -0.1) is 0 Å². The van der Waals surface area contributed by atoms with E-state index in [1.54, 1.807) is 24.5 Å². The number of hydrazine groups is 1. The maximum absolute atomic E-state index is 12.7. The number of nitrogens with one attached hydrogen (secondary N) is 3. The van der Waals surface area contributed by atoms with Gasteiger partial charge in [0, 0.05) is 24.6 Å². The fourth-order valence-electron chi connectivity index (χ4n) is 3.13. The first kappa shape index (κ1) is 19.5. The standard InChI is InChI=1S/C19H23N5O4/c1-11(2)20-17(26)18(27)23-22-16(25)12-7-8-13-14(10-12)21-15-6-4-3-5-9-24(15)19(13)28/h7-8,10-11H,3-6,9H2,1-2H3,(H,20,26)(H,22,25)(H,23,27). The number of aryl methyl sites for hydroxylation is 1. The van der Waals surface area contributed by atoms with E-state index >= 15 is 0 Å². The van der Waals surface area contributed by atoms with Crippen molar-refractivity contribution in [2.75, 3.05) is 0 Å². The Bertz CT molecular complexity index is 996. The Kier molecular flexibility index (Phi) is 5.72. The summed E-state index contributed by atoms with van der Waals surface area (Å²) < 4.78 is 1.71. The van der Waals surface area contributed by atoms with E-state index in [2.05, 4.69) is 21.2 Å². The van der Waals surface area contributed by atoms with Gasteiger partial charge in [-0.3, -0.25) is 34.6 Å². The third-order valence-electron chi connectivity index (χ3n) is 4.49. The van der Waals surface area contributed by atoms with Gasteiger partial charge in [0.15, 0.2) is 0 Å². The van der Waals surface area contributed by atoms with Crippen LogP contribution in [0, 0.1) is 0 Å². The number of hydrogen-bond donors (Lipinski definition) is 3. The zero-order valence-electron chi connectivity index (χ0n) is 15.9. The topological polar surface area (TPSA) is 122 Å². The van der Waals surface area contributed by atoms with Crippen molar-refractivity contribution in [1.29, 1.82) is 0 Å². The number of carbonyl (C=O) groups excluding carboxylic acids is 3. The molecule has 0 fully saturated rings. The van der Waals surface area contributed by atoms with Gasteiger partial charge in [-0.25, -0.2) is 4.98 Å². The van der Waals surface area contributed by atoms with Crippen molar-refractivity contribution in [3.8, 4) is 0 Å². The van der Waals surface area contributed by atoms with Gasteiger partial charge in [-0.1, -0.05) is 6.42 Å². The molecular weight excluding hydrogens is 362 g/mol. The molecule has 2 heterocycles. The van der Waals surface area contributed by atoms with Gasteiger partial charge in [0.05, 0.1) is 10.9 Å². The zero-order chi connectivity index (χ0) is 20.3. The minimum atomic E-state index is -0.968. The molecule has 3 amide bonds. The highest BCUT2D eigenvalue weighted by Crippen LogP contribution is 2.16. The van der Waals surface area contributed by atoms with Gasteiger partial charge in [0.2, 0.25) is 0 Å². The molecule has 9 heteroatoms. The highest BCUT2D eigenvalue weighted by molar-refractivity contribution is 6.35. The first-order valence-corrected chi connectivity index (χ1v) is 9.31. The van der Waals surface area contributed by atoms with Crippen molar-refractivity contribution >= 4 is 28.6 Å². The SMILES string of the molecule is CC(C)NC(=O)C(=O)NNC(=O)c1ccc2c(=O)n3c(nc2c1)CCCCC3. The molecule has 0 atom stereocenters. The fraction of sp³-hybridized carbons (Fsp3) is 0.421. The van der Waals surface area contributed by atoms with E-state index in [1.807, 2.05) is 0 Å². The number of nitrogens with zero attached hydrogens (tertiary/aromatic N) is 2. The smallest absolute Gasteiger partial charge is 0.327 e. The molecule has 28 heavy (non-hydrogen) atoms.